The van der Waals surface area contributed by atoms with Crippen molar-refractivity contribution in [2.45, 2.75) is 19.3 Å². The highest BCUT2D eigenvalue weighted by Gasteiger charge is 2.28. The molecule has 0 aliphatic rings. The number of halogens is 3. The molecule has 0 spiro atoms. The Hall–Kier alpha value is -3.21. The molecule has 2 aromatic carbocycles. The maximum atomic E-state index is 12.1. The smallest absolute Gasteiger partial charge is 0.422 e. The summed E-state index contributed by atoms with van der Waals surface area (Å²) in [5.41, 5.74) is 2.40. The van der Waals surface area contributed by atoms with Crippen LogP contribution in [-0.2, 0) is 13.1 Å². The predicted octanol–water partition coefficient (Wildman–Crippen LogP) is 3.36. The first kappa shape index (κ1) is 20.1. The van der Waals surface area contributed by atoms with Crippen molar-refractivity contribution in [3.05, 3.63) is 65.2 Å². The molecule has 0 fully saturated rings. The molecular weight excluding hydrogens is 357 g/mol. The minimum atomic E-state index is -4.36. The molecule has 27 heavy (non-hydrogen) atoms. The van der Waals surface area contributed by atoms with E-state index in [1.165, 1.54) is 12.1 Å². The van der Waals surface area contributed by atoms with Crippen molar-refractivity contribution < 1.29 is 17.9 Å². The van der Waals surface area contributed by atoms with Crippen LogP contribution in [0.4, 0.5) is 13.2 Å². The number of alkyl halides is 3. The highest BCUT2D eigenvalue weighted by molar-refractivity contribution is 5.79. The summed E-state index contributed by atoms with van der Waals surface area (Å²) < 4.78 is 41.1. The van der Waals surface area contributed by atoms with Gasteiger partial charge in [0.15, 0.2) is 12.6 Å². The third-order valence-corrected chi connectivity index (χ3v) is 3.53. The standard InChI is InChI=1S/C19H19F3N4O/c1-24-18(26-12-16-4-2-3-15(9-16)10-23)25-11-14-5-7-17(8-6-14)27-13-19(20,21)22/h2-9H,11-13H2,1H3,(H2,24,25,26). The van der Waals surface area contributed by atoms with Gasteiger partial charge in [0.05, 0.1) is 11.6 Å². The lowest BCUT2D eigenvalue weighted by molar-refractivity contribution is -0.153. The molecule has 0 aliphatic heterocycles. The van der Waals surface area contributed by atoms with Gasteiger partial charge in [-0.05, 0) is 35.4 Å². The Morgan fingerprint density at radius 2 is 1.74 bits per heavy atom. The molecule has 0 unspecified atom stereocenters. The van der Waals surface area contributed by atoms with Crippen LogP contribution in [-0.4, -0.2) is 25.8 Å². The van der Waals surface area contributed by atoms with Crippen molar-refractivity contribution in [2.75, 3.05) is 13.7 Å². The Morgan fingerprint density at radius 1 is 1.07 bits per heavy atom. The number of benzene rings is 2. The second kappa shape index (κ2) is 9.48. The molecule has 0 heterocycles. The van der Waals surface area contributed by atoms with E-state index in [0.717, 1.165) is 11.1 Å². The molecule has 8 heteroatoms. The Labute approximate surface area is 155 Å². The number of nitrogens with zero attached hydrogens (tertiary/aromatic N) is 2. The molecule has 0 atom stereocenters. The number of rotatable bonds is 6. The summed E-state index contributed by atoms with van der Waals surface area (Å²) in [6.45, 7) is -0.370. The lowest BCUT2D eigenvalue weighted by Crippen LogP contribution is -2.36. The van der Waals surface area contributed by atoms with Gasteiger partial charge in [-0.15, -0.1) is 0 Å². The summed E-state index contributed by atoms with van der Waals surface area (Å²) in [4.78, 5) is 4.11. The average Bonchev–Trinajstić information content (AvgIpc) is 2.67. The summed E-state index contributed by atoms with van der Waals surface area (Å²) in [6, 6.07) is 15.7. The Kier molecular flexibility index (Phi) is 7.06. The third-order valence-electron chi connectivity index (χ3n) is 3.53. The van der Waals surface area contributed by atoms with E-state index in [2.05, 4.69) is 26.4 Å². The fourth-order valence-corrected chi connectivity index (χ4v) is 2.21. The molecular formula is C19H19F3N4O. The van der Waals surface area contributed by atoms with Gasteiger partial charge >= 0.3 is 6.18 Å². The zero-order chi connectivity index (χ0) is 19.7. The van der Waals surface area contributed by atoms with E-state index in [4.69, 9.17) is 5.26 Å². The van der Waals surface area contributed by atoms with Gasteiger partial charge in [0, 0.05) is 20.1 Å². The van der Waals surface area contributed by atoms with Crippen LogP contribution in [0.3, 0.4) is 0 Å². The van der Waals surface area contributed by atoms with Gasteiger partial charge in [0.25, 0.3) is 0 Å². The minimum Gasteiger partial charge on any atom is -0.484 e. The summed E-state index contributed by atoms with van der Waals surface area (Å²) in [5.74, 6) is 0.728. The Balaban J connectivity index is 1.82. The Bertz CT molecular complexity index is 811. The van der Waals surface area contributed by atoms with Crippen molar-refractivity contribution in [3.8, 4) is 11.8 Å². The third kappa shape index (κ3) is 7.28. The zero-order valence-corrected chi connectivity index (χ0v) is 14.7. The molecule has 0 amide bonds. The molecule has 0 saturated carbocycles. The van der Waals surface area contributed by atoms with Gasteiger partial charge in [0.1, 0.15) is 5.75 Å². The van der Waals surface area contributed by atoms with E-state index in [1.54, 1.807) is 31.3 Å². The number of guanidine groups is 1. The predicted molar refractivity (Wildman–Crippen MR) is 96.2 cm³/mol. The number of nitriles is 1. The lowest BCUT2D eigenvalue weighted by Gasteiger charge is -2.13. The van der Waals surface area contributed by atoms with Crippen LogP contribution < -0.4 is 15.4 Å². The van der Waals surface area contributed by atoms with Crippen LogP contribution in [0.15, 0.2) is 53.5 Å². The average molecular weight is 376 g/mol. The van der Waals surface area contributed by atoms with E-state index >= 15 is 0 Å². The monoisotopic (exact) mass is 376 g/mol. The van der Waals surface area contributed by atoms with E-state index in [1.807, 2.05) is 12.1 Å². The first-order valence-corrected chi connectivity index (χ1v) is 8.11. The molecule has 2 N–H and O–H groups in total. The fraction of sp³-hybridized carbons (Fsp3) is 0.263. The van der Waals surface area contributed by atoms with E-state index in [-0.39, 0.29) is 5.75 Å². The zero-order valence-electron chi connectivity index (χ0n) is 14.7. The molecule has 0 aromatic heterocycles. The molecule has 142 valence electrons. The molecule has 0 saturated heterocycles. The molecule has 2 rings (SSSR count). The van der Waals surface area contributed by atoms with Gasteiger partial charge in [0.2, 0.25) is 0 Å². The van der Waals surface area contributed by atoms with Crippen LogP contribution in [0.2, 0.25) is 0 Å². The van der Waals surface area contributed by atoms with Crippen LogP contribution in [0.25, 0.3) is 0 Å². The molecule has 0 bridgehead atoms. The summed E-state index contributed by atoms with van der Waals surface area (Å²) >= 11 is 0. The van der Waals surface area contributed by atoms with Gasteiger partial charge in [-0.1, -0.05) is 24.3 Å². The van der Waals surface area contributed by atoms with Crippen molar-refractivity contribution >= 4 is 5.96 Å². The number of nitrogens with one attached hydrogen (secondary N) is 2. The lowest BCUT2D eigenvalue weighted by atomic mass is 10.1. The normalized spacial score (nSPS) is 11.6. The summed E-state index contributed by atoms with van der Waals surface area (Å²) in [5, 5.41) is 15.2. The number of hydrogen-bond acceptors (Lipinski definition) is 3. The maximum absolute atomic E-state index is 12.1. The van der Waals surface area contributed by atoms with E-state index in [9.17, 15) is 13.2 Å². The number of hydrogen-bond donors (Lipinski definition) is 2. The minimum absolute atomic E-state index is 0.163. The maximum Gasteiger partial charge on any atom is 0.422 e. The van der Waals surface area contributed by atoms with Crippen molar-refractivity contribution in [1.29, 1.82) is 5.26 Å². The topological polar surface area (TPSA) is 69.4 Å². The van der Waals surface area contributed by atoms with Crippen molar-refractivity contribution in [2.24, 2.45) is 4.99 Å². The van der Waals surface area contributed by atoms with Crippen LogP contribution >= 0.6 is 0 Å². The second-order valence-electron chi connectivity index (χ2n) is 5.64. The fourth-order valence-electron chi connectivity index (χ4n) is 2.21. The summed E-state index contributed by atoms with van der Waals surface area (Å²) in [6.07, 6.45) is -4.36. The van der Waals surface area contributed by atoms with Crippen molar-refractivity contribution in [3.63, 3.8) is 0 Å². The van der Waals surface area contributed by atoms with Gasteiger partial charge in [-0.3, -0.25) is 4.99 Å². The number of ether oxygens (including phenoxy) is 1. The van der Waals surface area contributed by atoms with Gasteiger partial charge in [-0.25, -0.2) is 0 Å². The van der Waals surface area contributed by atoms with Crippen LogP contribution in [0.1, 0.15) is 16.7 Å². The number of aliphatic imine (C=N–C) groups is 1. The molecule has 0 radical (unpaired) electrons. The highest BCUT2D eigenvalue weighted by Crippen LogP contribution is 2.18. The molecule has 0 aliphatic carbocycles. The second-order valence-corrected chi connectivity index (χ2v) is 5.64. The van der Waals surface area contributed by atoms with Crippen LogP contribution in [0, 0.1) is 11.3 Å². The first-order valence-electron chi connectivity index (χ1n) is 8.11. The first-order chi connectivity index (χ1) is 12.9. The molecule has 5 nitrogen and oxygen atoms in total. The highest BCUT2D eigenvalue weighted by atomic mass is 19.4. The summed E-state index contributed by atoms with van der Waals surface area (Å²) in [7, 11) is 1.63. The SMILES string of the molecule is CN=C(NCc1ccc(OCC(F)(F)F)cc1)NCc1cccc(C#N)c1. The largest absolute Gasteiger partial charge is 0.484 e. The van der Waals surface area contributed by atoms with Gasteiger partial charge < -0.3 is 15.4 Å². The van der Waals surface area contributed by atoms with Crippen LogP contribution in [0.5, 0.6) is 5.75 Å². The van der Waals surface area contributed by atoms with Gasteiger partial charge in [-0.2, -0.15) is 18.4 Å². The van der Waals surface area contributed by atoms with Crippen molar-refractivity contribution in [1.82, 2.24) is 10.6 Å². The van der Waals surface area contributed by atoms with E-state index in [0.29, 0.717) is 24.6 Å². The van der Waals surface area contributed by atoms with E-state index < -0.39 is 12.8 Å². The Morgan fingerprint density at radius 3 is 2.33 bits per heavy atom. The molecule has 2 aromatic rings. The quantitative estimate of drug-likeness (QED) is 0.599.